The summed E-state index contributed by atoms with van der Waals surface area (Å²) in [5.74, 6) is 0.554. The third-order valence-electron chi connectivity index (χ3n) is 3.35. The van der Waals surface area contributed by atoms with E-state index in [2.05, 4.69) is 6.92 Å². The van der Waals surface area contributed by atoms with Crippen molar-refractivity contribution in [2.45, 2.75) is 51.6 Å². The summed E-state index contributed by atoms with van der Waals surface area (Å²) in [7, 11) is 0. The minimum atomic E-state index is -0.152. The molecule has 0 amide bonds. The fourth-order valence-corrected chi connectivity index (χ4v) is 2.37. The first-order valence-electron chi connectivity index (χ1n) is 7.17. The van der Waals surface area contributed by atoms with Crippen LogP contribution in [0.1, 0.15) is 44.6 Å². The predicted molar refractivity (Wildman–Crippen MR) is 74.4 cm³/mol. The maximum atomic E-state index is 10.7. The highest BCUT2D eigenvalue weighted by atomic mass is 16.5. The lowest BCUT2D eigenvalue weighted by molar-refractivity contribution is -0.154. The van der Waals surface area contributed by atoms with Crippen molar-refractivity contribution in [2.24, 2.45) is 0 Å². The fourth-order valence-electron chi connectivity index (χ4n) is 2.37. The van der Waals surface area contributed by atoms with Gasteiger partial charge in [-0.1, -0.05) is 31.5 Å². The smallest absolute Gasteiger partial charge is 0.315 e. The molecule has 2 aliphatic heterocycles. The van der Waals surface area contributed by atoms with Gasteiger partial charge in [-0.05, 0) is 25.3 Å². The van der Waals surface area contributed by atoms with Crippen molar-refractivity contribution in [1.82, 2.24) is 0 Å². The molecule has 1 unspecified atom stereocenters. The first-order valence-corrected chi connectivity index (χ1v) is 7.17. The molecule has 108 valence electrons. The average Bonchev–Trinajstić information content (AvgIpc) is 2.80. The van der Waals surface area contributed by atoms with Gasteiger partial charge in [-0.15, -0.1) is 0 Å². The normalized spacial score (nSPS) is 20.4. The van der Waals surface area contributed by atoms with E-state index in [1.54, 1.807) is 6.07 Å². The lowest BCUT2D eigenvalue weighted by Crippen LogP contribution is -2.22. The van der Waals surface area contributed by atoms with Gasteiger partial charge in [0.15, 0.2) is 0 Å². The lowest BCUT2D eigenvalue weighted by Gasteiger charge is -2.21. The van der Waals surface area contributed by atoms with Crippen LogP contribution in [0.25, 0.3) is 0 Å². The number of cyclic esters (lactones) is 1. The van der Waals surface area contributed by atoms with Gasteiger partial charge in [-0.3, -0.25) is 9.59 Å². The molecule has 0 aliphatic carbocycles. The van der Waals surface area contributed by atoms with E-state index in [1.807, 2.05) is 18.2 Å². The molecule has 0 bridgehead atoms. The van der Waals surface area contributed by atoms with Crippen LogP contribution in [-0.2, 0) is 20.7 Å². The van der Waals surface area contributed by atoms with Crippen LogP contribution >= 0.6 is 0 Å². The van der Waals surface area contributed by atoms with Crippen molar-refractivity contribution < 1.29 is 19.1 Å². The summed E-state index contributed by atoms with van der Waals surface area (Å²) in [4.78, 5) is 21.4. The SMILES string of the molecule is CCCC1CCCC(=O)O1.O=C1Cc2ccccc2O1. The van der Waals surface area contributed by atoms with Crippen molar-refractivity contribution in [2.75, 3.05) is 0 Å². The highest BCUT2D eigenvalue weighted by Gasteiger charge is 2.19. The molecule has 2 heterocycles. The molecule has 1 aromatic rings. The quantitative estimate of drug-likeness (QED) is 0.615. The van der Waals surface area contributed by atoms with E-state index in [0.717, 1.165) is 31.2 Å². The van der Waals surface area contributed by atoms with Gasteiger partial charge >= 0.3 is 11.9 Å². The van der Waals surface area contributed by atoms with Crippen molar-refractivity contribution in [3.05, 3.63) is 29.8 Å². The Morgan fingerprint density at radius 2 is 2.00 bits per heavy atom. The minimum absolute atomic E-state index is 0.00954. The van der Waals surface area contributed by atoms with Crippen LogP contribution in [-0.4, -0.2) is 18.0 Å². The Morgan fingerprint density at radius 1 is 1.20 bits per heavy atom. The average molecular weight is 276 g/mol. The van der Waals surface area contributed by atoms with Crippen molar-refractivity contribution >= 4 is 11.9 Å². The number of para-hydroxylation sites is 1. The molecule has 4 nitrogen and oxygen atoms in total. The zero-order chi connectivity index (χ0) is 14.4. The largest absolute Gasteiger partial charge is 0.462 e. The molecule has 2 aliphatic rings. The third kappa shape index (κ3) is 4.08. The third-order valence-corrected chi connectivity index (χ3v) is 3.35. The molecule has 1 fully saturated rings. The van der Waals surface area contributed by atoms with Gasteiger partial charge in [-0.2, -0.15) is 0 Å². The Bertz CT molecular complexity index is 452. The molecule has 1 aromatic carbocycles. The second-order valence-electron chi connectivity index (χ2n) is 5.05. The van der Waals surface area contributed by atoms with Crippen LogP contribution in [0, 0.1) is 0 Å². The minimum Gasteiger partial charge on any atom is -0.462 e. The first kappa shape index (κ1) is 14.6. The number of rotatable bonds is 2. The summed E-state index contributed by atoms with van der Waals surface area (Å²) in [5.41, 5.74) is 0.993. The number of benzene rings is 1. The number of fused-ring (bicyclic) bond motifs is 1. The number of esters is 2. The number of ether oxygens (including phenoxy) is 2. The summed E-state index contributed by atoms with van der Waals surface area (Å²) in [6, 6.07) is 7.47. The molecule has 0 aromatic heterocycles. The van der Waals surface area contributed by atoms with Crippen LogP contribution in [0.15, 0.2) is 24.3 Å². The highest BCUT2D eigenvalue weighted by molar-refractivity contribution is 5.80. The number of hydrogen-bond donors (Lipinski definition) is 0. The number of hydrogen-bond acceptors (Lipinski definition) is 4. The maximum absolute atomic E-state index is 10.7. The van der Waals surface area contributed by atoms with Crippen molar-refractivity contribution in [3.63, 3.8) is 0 Å². The van der Waals surface area contributed by atoms with Crippen molar-refractivity contribution in [3.8, 4) is 5.75 Å². The van der Waals surface area contributed by atoms with E-state index in [0.29, 0.717) is 18.6 Å². The van der Waals surface area contributed by atoms with Gasteiger partial charge in [-0.25, -0.2) is 0 Å². The second-order valence-corrected chi connectivity index (χ2v) is 5.05. The Balaban J connectivity index is 0.000000147. The monoisotopic (exact) mass is 276 g/mol. The molecular formula is C16H20O4. The van der Waals surface area contributed by atoms with Crippen LogP contribution in [0.3, 0.4) is 0 Å². The first-order chi connectivity index (χ1) is 9.69. The summed E-state index contributed by atoms with van der Waals surface area (Å²) in [5, 5.41) is 0. The maximum Gasteiger partial charge on any atom is 0.315 e. The molecule has 0 N–H and O–H groups in total. The predicted octanol–water partition coefficient (Wildman–Crippen LogP) is 3.03. The summed E-state index contributed by atoms with van der Waals surface area (Å²) in [6.45, 7) is 2.11. The molecule has 1 atom stereocenters. The van der Waals surface area contributed by atoms with Crippen LogP contribution < -0.4 is 4.74 Å². The summed E-state index contributed by atoms with van der Waals surface area (Å²) < 4.78 is 9.96. The fraction of sp³-hybridized carbons (Fsp3) is 0.500. The molecule has 20 heavy (non-hydrogen) atoms. The van der Waals surface area contributed by atoms with Gasteiger partial charge in [0.25, 0.3) is 0 Å². The van der Waals surface area contributed by atoms with Gasteiger partial charge in [0.05, 0.1) is 6.42 Å². The van der Waals surface area contributed by atoms with Gasteiger partial charge in [0.1, 0.15) is 11.9 Å². The Labute approximate surface area is 119 Å². The summed E-state index contributed by atoms with van der Waals surface area (Å²) >= 11 is 0. The molecule has 3 rings (SSSR count). The van der Waals surface area contributed by atoms with Crippen molar-refractivity contribution in [1.29, 1.82) is 0 Å². The lowest BCUT2D eigenvalue weighted by atomic mass is 10.1. The molecule has 0 saturated carbocycles. The van der Waals surface area contributed by atoms with Crippen LogP contribution in [0.2, 0.25) is 0 Å². The topological polar surface area (TPSA) is 52.6 Å². The molecule has 0 radical (unpaired) electrons. The summed E-state index contributed by atoms with van der Waals surface area (Å²) in [6.07, 6.45) is 5.51. The molecule has 4 heteroatoms. The number of carbonyl (C=O) groups excluding carboxylic acids is 2. The van der Waals surface area contributed by atoms with E-state index in [-0.39, 0.29) is 18.0 Å². The van der Waals surface area contributed by atoms with E-state index in [4.69, 9.17) is 9.47 Å². The zero-order valence-corrected chi connectivity index (χ0v) is 11.8. The van der Waals surface area contributed by atoms with E-state index >= 15 is 0 Å². The second kappa shape index (κ2) is 7.08. The molecule has 0 spiro atoms. The Kier molecular flexibility index (Phi) is 5.16. The number of carbonyl (C=O) groups is 2. The zero-order valence-electron chi connectivity index (χ0n) is 11.8. The Hall–Kier alpha value is -1.84. The van der Waals surface area contributed by atoms with Crippen LogP contribution in [0.5, 0.6) is 5.75 Å². The van der Waals surface area contributed by atoms with E-state index in [9.17, 15) is 9.59 Å². The van der Waals surface area contributed by atoms with Gasteiger partial charge in [0.2, 0.25) is 0 Å². The van der Waals surface area contributed by atoms with Crippen LogP contribution in [0.4, 0.5) is 0 Å². The van der Waals surface area contributed by atoms with E-state index < -0.39 is 0 Å². The highest BCUT2D eigenvalue weighted by Crippen LogP contribution is 2.24. The van der Waals surface area contributed by atoms with Gasteiger partial charge < -0.3 is 9.47 Å². The standard InChI is InChI=1S/C8H6O2.C8H14O2/c9-8-5-6-3-1-2-4-7(6)10-8;1-2-4-7-5-3-6-8(9)10-7/h1-4H,5H2;7H,2-6H2,1H3. The molecule has 1 saturated heterocycles. The van der Waals surface area contributed by atoms with E-state index in [1.165, 1.54) is 0 Å². The van der Waals surface area contributed by atoms with Gasteiger partial charge in [0, 0.05) is 12.0 Å². The Morgan fingerprint density at radius 3 is 2.70 bits per heavy atom. The molecular weight excluding hydrogens is 256 g/mol.